The summed E-state index contributed by atoms with van der Waals surface area (Å²) in [6.07, 6.45) is 4.79. The number of benzene rings is 1. The molecule has 2 saturated carbocycles. The molecule has 0 aliphatic heterocycles. The molecule has 2 aliphatic rings. The van der Waals surface area contributed by atoms with Gasteiger partial charge >= 0.3 is 0 Å². The lowest BCUT2D eigenvalue weighted by atomic mass is 9.92. The van der Waals surface area contributed by atoms with Gasteiger partial charge in [-0.05, 0) is 49.0 Å². The Bertz CT molecular complexity index is 433. The van der Waals surface area contributed by atoms with Gasteiger partial charge in [-0.15, -0.1) is 0 Å². The highest BCUT2D eigenvalue weighted by Crippen LogP contribution is 2.54. The number of carbonyl (C=O) groups excluding carboxylic acids is 1. The van der Waals surface area contributed by atoms with E-state index in [0.717, 1.165) is 36.7 Å². The average Bonchev–Trinajstić information content (AvgIpc) is 2.95. The van der Waals surface area contributed by atoms with E-state index in [1.54, 1.807) is 0 Å². The molecular formula is C17H22O. The van der Waals surface area contributed by atoms with Crippen molar-refractivity contribution in [2.75, 3.05) is 0 Å². The minimum Gasteiger partial charge on any atom is -0.294 e. The zero-order chi connectivity index (χ0) is 12.7. The van der Waals surface area contributed by atoms with Gasteiger partial charge in [0.15, 0.2) is 5.78 Å². The molecule has 0 heterocycles. The van der Waals surface area contributed by atoms with Gasteiger partial charge in [0.1, 0.15) is 0 Å². The number of ketones is 1. The molecule has 0 bridgehead atoms. The third-order valence-electron chi connectivity index (χ3n) is 4.50. The van der Waals surface area contributed by atoms with Gasteiger partial charge in [-0.2, -0.15) is 0 Å². The number of fused-ring (bicyclic) bond motifs is 1. The SMILES string of the molecule is CC(C)Cc1ccc(C(=O)C2CC3CC3C2)cc1. The molecule has 18 heavy (non-hydrogen) atoms. The van der Waals surface area contributed by atoms with Crippen molar-refractivity contribution < 1.29 is 4.79 Å². The summed E-state index contributed by atoms with van der Waals surface area (Å²) in [5, 5.41) is 0. The van der Waals surface area contributed by atoms with Gasteiger partial charge in [0.05, 0.1) is 0 Å². The normalized spacial score (nSPS) is 29.4. The quantitative estimate of drug-likeness (QED) is 0.726. The number of Topliss-reactive ketones (excluding diaryl/α,β-unsaturated/α-hetero) is 1. The van der Waals surface area contributed by atoms with Gasteiger partial charge in [-0.25, -0.2) is 0 Å². The Morgan fingerprint density at radius 1 is 1.11 bits per heavy atom. The maximum absolute atomic E-state index is 12.3. The van der Waals surface area contributed by atoms with Crippen LogP contribution >= 0.6 is 0 Å². The van der Waals surface area contributed by atoms with Crippen LogP contribution in [0.3, 0.4) is 0 Å². The van der Waals surface area contributed by atoms with Crippen LogP contribution in [0.1, 0.15) is 49.0 Å². The first-order valence-corrected chi connectivity index (χ1v) is 7.26. The molecule has 2 atom stereocenters. The molecule has 0 aromatic heterocycles. The molecule has 0 saturated heterocycles. The largest absolute Gasteiger partial charge is 0.294 e. The molecule has 1 heteroatoms. The van der Waals surface area contributed by atoms with Crippen LogP contribution in [0, 0.1) is 23.7 Å². The van der Waals surface area contributed by atoms with Crippen LogP contribution in [0.25, 0.3) is 0 Å². The van der Waals surface area contributed by atoms with E-state index < -0.39 is 0 Å². The molecule has 0 amide bonds. The maximum atomic E-state index is 12.3. The minimum atomic E-state index is 0.324. The third kappa shape index (κ3) is 2.36. The molecule has 0 spiro atoms. The van der Waals surface area contributed by atoms with Crippen molar-refractivity contribution in [2.24, 2.45) is 23.7 Å². The summed E-state index contributed by atoms with van der Waals surface area (Å²) in [5.41, 5.74) is 2.27. The third-order valence-corrected chi connectivity index (χ3v) is 4.50. The second kappa shape index (κ2) is 4.53. The standard InChI is InChI=1S/C17H22O/c1-11(2)7-12-3-5-13(6-4-12)17(18)16-9-14-8-15(14)10-16/h3-6,11,14-16H,7-10H2,1-2H3. The average molecular weight is 242 g/mol. The second-order valence-corrected chi connectivity index (χ2v) is 6.58. The van der Waals surface area contributed by atoms with Gasteiger partial charge in [-0.3, -0.25) is 4.79 Å². The molecule has 96 valence electrons. The first kappa shape index (κ1) is 12.0. The lowest BCUT2D eigenvalue weighted by Gasteiger charge is -2.11. The highest BCUT2D eigenvalue weighted by Gasteiger charge is 2.47. The van der Waals surface area contributed by atoms with Crippen LogP contribution in [0.5, 0.6) is 0 Å². The van der Waals surface area contributed by atoms with Crippen molar-refractivity contribution >= 4 is 5.78 Å². The summed E-state index contributed by atoms with van der Waals surface area (Å²) in [6, 6.07) is 8.32. The monoisotopic (exact) mass is 242 g/mol. The van der Waals surface area contributed by atoms with E-state index in [9.17, 15) is 4.79 Å². The second-order valence-electron chi connectivity index (χ2n) is 6.58. The Balaban J connectivity index is 1.66. The summed E-state index contributed by atoms with van der Waals surface area (Å²) in [7, 11) is 0. The molecule has 3 rings (SSSR count). The fraction of sp³-hybridized carbons (Fsp3) is 0.588. The fourth-order valence-corrected chi connectivity index (χ4v) is 3.44. The molecule has 2 unspecified atom stereocenters. The number of hydrogen-bond acceptors (Lipinski definition) is 1. The maximum Gasteiger partial charge on any atom is 0.165 e. The van der Waals surface area contributed by atoms with Gasteiger partial charge in [0, 0.05) is 11.5 Å². The van der Waals surface area contributed by atoms with Crippen LogP contribution in [-0.2, 0) is 6.42 Å². The van der Waals surface area contributed by atoms with E-state index in [4.69, 9.17) is 0 Å². The van der Waals surface area contributed by atoms with Gasteiger partial charge in [0.25, 0.3) is 0 Å². The zero-order valence-corrected chi connectivity index (χ0v) is 11.4. The van der Waals surface area contributed by atoms with Crippen molar-refractivity contribution in [1.82, 2.24) is 0 Å². The van der Waals surface area contributed by atoms with E-state index >= 15 is 0 Å². The Morgan fingerprint density at radius 3 is 2.28 bits per heavy atom. The van der Waals surface area contributed by atoms with Crippen LogP contribution in [0.4, 0.5) is 0 Å². The topological polar surface area (TPSA) is 17.1 Å². The molecule has 2 fully saturated rings. The first-order chi connectivity index (χ1) is 8.63. The fourth-order valence-electron chi connectivity index (χ4n) is 3.44. The predicted molar refractivity (Wildman–Crippen MR) is 73.6 cm³/mol. The van der Waals surface area contributed by atoms with Crippen LogP contribution < -0.4 is 0 Å². The molecule has 0 radical (unpaired) electrons. The van der Waals surface area contributed by atoms with E-state index in [-0.39, 0.29) is 0 Å². The Hall–Kier alpha value is -1.11. The van der Waals surface area contributed by atoms with Gasteiger partial charge < -0.3 is 0 Å². The predicted octanol–water partition coefficient (Wildman–Crippen LogP) is 4.11. The van der Waals surface area contributed by atoms with E-state index in [0.29, 0.717) is 17.6 Å². The minimum absolute atomic E-state index is 0.324. The van der Waals surface area contributed by atoms with Crippen LogP contribution in [0.15, 0.2) is 24.3 Å². The molecule has 2 aliphatic carbocycles. The van der Waals surface area contributed by atoms with Crippen molar-refractivity contribution in [1.29, 1.82) is 0 Å². The molecule has 0 N–H and O–H groups in total. The van der Waals surface area contributed by atoms with Crippen molar-refractivity contribution in [3.05, 3.63) is 35.4 Å². The Morgan fingerprint density at radius 2 is 1.72 bits per heavy atom. The molecular weight excluding hydrogens is 220 g/mol. The summed E-state index contributed by atoms with van der Waals surface area (Å²) >= 11 is 0. The van der Waals surface area contributed by atoms with Crippen molar-refractivity contribution in [3.63, 3.8) is 0 Å². The highest BCUT2D eigenvalue weighted by atomic mass is 16.1. The lowest BCUT2D eigenvalue weighted by molar-refractivity contribution is 0.0914. The zero-order valence-electron chi connectivity index (χ0n) is 11.4. The van der Waals surface area contributed by atoms with Crippen molar-refractivity contribution in [3.8, 4) is 0 Å². The van der Waals surface area contributed by atoms with Crippen molar-refractivity contribution in [2.45, 2.75) is 39.5 Å². The lowest BCUT2D eigenvalue weighted by Crippen LogP contribution is -2.13. The highest BCUT2D eigenvalue weighted by molar-refractivity contribution is 5.98. The summed E-state index contributed by atoms with van der Waals surface area (Å²) in [5.74, 6) is 3.16. The Kier molecular flexibility index (Phi) is 3.01. The van der Waals surface area contributed by atoms with E-state index in [1.165, 1.54) is 12.0 Å². The van der Waals surface area contributed by atoms with Gasteiger partial charge in [-0.1, -0.05) is 38.1 Å². The number of rotatable bonds is 4. The first-order valence-electron chi connectivity index (χ1n) is 7.26. The smallest absolute Gasteiger partial charge is 0.165 e. The summed E-state index contributed by atoms with van der Waals surface area (Å²) < 4.78 is 0. The number of carbonyl (C=O) groups is 1. The van der Waals surface area contributed by atoms with Gasteiger partial charge in [0.2, 0.25) is 0 Å². The van der Waals surface area contributed by atoms with Crippen LogP contribution in [0.2, 0.25) is 0 Å². The van der Waals surface area contributed by atoms with Crippen LogP contribution in [-0.4, -0.2) is 5.78 Å². The molecule has 1 aromatic rings. The Labute approximate surface area is 110 Å². The molecule has 1 nitrogen and oxygen atoms in total. The number of hydrogen-bond donors (Lipinski definition) is 0. The van der Waals surface area contributed by atoms with E-state index in [1.807, 2.05) is 12.1 Å². The summed E-state index contributed by atoms with van der Waals surface area (Å²) in [6.45, 7) is 4.45. The van der Waals surface area contributed by atoms with E-state index in [2.05, 4.69) is 26.0 Å². The molecule has 1 aromatic carbocycles. The summed E-state index contributed by atoms with van der Waals surface area (Å²) in [4.78, 5) is 12.3.